The molecule has 2 rings (SSSR count). The predicted molar refractivity (Wildman–Crippen MR) is 108 cm³/mol. The first-order valence-corrected chi connectivity index (χ1v) is 9.85. The van der Waals surface area contributed by atoms with Gasteiger partial charge < -0.3 is 10.6 Å². The van der Waals surface area contributed by atoms with Gasteiger partial charge in [-0.2, -0.15) is 0 Å². The molecule has 0 aliphatic heterocycles. The summed E-state index contributed by atoms with van der Waals surface area (Å²) in [6.07, 6.45) is 0.832. The topological polar surface area (TPSA) is 58.2 Å². The Labute approximate surface area is 160 Å². The van der Waals surface area contributed by atoms with Gasteiger partial charge in [-0.25, -0.2) is 0 Å². The summed E-state index contributed by atoms with van der Waals surface area (Å²) in [5.41, 5.74) is 2.38. The maximum absolute atomic E-state index is 12.2. The Morgan fingerprint density at radius 1 is 1.08 bits per heavy atom. The standard InChI is InChI=1S/C19H21BrN2O2S/c1-3-18(23)21-14-9-8-13(2)16(12-14)22-19(24)10-11-25-17-7-5-4-6-15(17)20/h4-9,12H,3,10-11H2,1-2H3,(H,21,23)(H,22,24). The Kier molecular flexibility index (Phi) is 7.52. The number of hydrogen-bond donors (Lipinski definition) is 2. The van der Waals surface area contributed by atoms with Crippen molar-refractivity contribution < 1.29 is 9.59 Å². The van der Waals surface area contributed by atoms with Crippen LogP contribution in [0.25, 0.3) is 0 Å². The number of carbonyl (C=O) groups excluding carboxylic acids is 2. The number of nitrogens with one attached hydrogen (secondary N) is 2. The van der Waals surface area contributed by atoms with Crippen LogP contribution in [0.15, 0.2) is 51.8 Å². The highest BCUT2D eigenvalue weighted by Crippen LogP contribution is 2.27. The van der Waals surface area contributed by atoms with Crippen molar-refractivity contribution in [3.05, 3.63) is 52.5 Å². The Morgan fingerprint density at radius 3 is 2.56 bits per heavy atom. The summed E-state index contributed by atoms with van der Waals surface area (Å²) in [4.78, 5) is 24.8. The molecule has 2 N–H and O–H groups in total. The van der Waals surface area contributed by atoms with Crippen LogP contribution in [0.2, 0.25) is 0 Å². The zero-order valence-corrected chi connectivity index (χ0v) is 16.7. The third-order valence-corrected chi connectivity index (χ3v) is 5.57. The number of rotatable bonds is 7. The molecule has 0 spiro atoms. The van der Waals surface area contributed by atoms with Crippen molar-refractivity contribution >= 4 is 50.9 Å². The summed E-state index contributed by atoms with van der Waals surface area (Å²) in [6.45, 7) is 3.73. The molecule has 0 saturated carbocycles. The maximum Gasteiger partial charge on any atom is 0.225 e. The molecule has 4 nitrogen and oxygen atoms in total. The van der Waals surface area contributed by atoms with Crippen LogP contribution >= 0.6 is 27.7 Å². The largest absolute Gasteiger partial charge is 0.326 e. The number of benzene rings is 2. The van der Waals surface area contributed by atoms with Gasteiger partial charge in [0, 0.05) is 39.3 Å². The second-order valence-corrected chi connectivity index (χ2v) is 7.50. The lowest BCUT2D eigenvalue weighted by Gasteiger charge is -2.11. The molecule has 0 aliphatic carbocycles. The van der Waals surface area contributed by atoms with Crippen LogP contribution in [0, 0.1) is 6.92 Å². The molecule has 25 heavy (non-hydrogen) atoms. The first kappa shape index (κ1) is 19.5. The van der Waals surface area contributed by atoms with Gasteiger partial charge in [0.2, 0.25) is 11.8 Å². The summed E-state index contributed by atoms with van der Waals surface area (Å²) in [5.74, 6) is 0.604. The average molecular weight is 421 g/mol. The minimum absolute atomic E-state index is 0.0402. The van der Waals surface area contributed by atoms with Gasteiger partial charge in [0.15, 0.2) is 0 Å². The molecule has 2 amide bonds. The number of amides is 2. The fraction of sp³-hybridized carbons (Fsp3) is 0.263. The van der Waals surface area contributed by atoms with Crippen LogP contribution in [0.4, 0.5) is 11.4 Å². The van der Waals surface area contributed by atoms with E-state index in [-0.39, 0.29) is 11.8 Å². The van der Waals surface area contributed by atoms with Crippen molar-refractivity contribution in [2.75, 3.05) is 16.4 Å². The zero-order valence-electron chi connectivity index (χ0n) is 14.3. The summed E-state index contributed by atoms with van der Waals surface area (Å²) >= 11 is 5.14. The van der Waals surface area contributed by atoms with Crippen molar-refractivity contribution in [2.45, 2.75) is 31.6 Å². The Hall–Kier alpha value is -1.79. The van der Waals surface area contributed by atoms with E-state index in [0.29, 0.717) is 24.3 Å². The second-order valence-electron chi connectivity index (χ2n) is 5.51. The van der Waals surface area contributed by atoms with E-state index in [1.807, 2.05) is 43.3 Å². The van der Waals surface area contributed by atoms with Crippen LogP contribution < -0.4 is 10.6 Å². The highest BCUT2D eigenvalue weighted by atomic mass is 79.9. The smallest absolute Gasteiger partial charge is 0.225 e. The van der Waals surface area contributed by atoms with Crippen LogP contribution in [0.5, 0.6) is 0 Å². The van der Waals surface area contributed by atoms with E-state index >= 15 is 0 Å². The fourth-order valence-corrected chi connectivity index (χ4v) is 3.63. The third kappa shape index (κ3) is 6.21. The molecular weight excluding hydrogens is 400 g/mol. The lowest BCUT2D eigenvalue weighted by atomic mass is 10.1. The molecule has 0 fully saturated rings. The molecular formula is C19H21BrN2O2S. The van der Waals surface area contributed by atoms with Crippen molar-refractivity contribution in [1.82, 2.24) is 0 Å². The molecule has 0 aromatic heterocycles. The van der Waals surface area contributed by atoms with Gasteiger partial charge >= 0.3 is 0 Å². The van der Waals surface area contributed by atoms with Crippen molar-refractivity contribution in [2.24, 2.45) is 0 Å². The Bertz CT molecular complexity index is 765. The molecule has 0 aliphatic rings. The molecule has 0 unspecified atom stereocenters. The van der Waals surface area contributed by atoms with E-state index in [1.165, 1.54) is 0 Å². The fourth-order valence-electron chi connectivity index (χ4n) is 2.11. The summed E-state index contributed by atoms with van der Waals surface area (Å²) in [7, 11) is 0. The SMILES string of the molecule is CCC(=O)Nc1ccc(C)c(NC(=O)CCSc2ccccc2Br)c1. The summed E-state index contributed by atoms with van der Waals surface area (Å²) in [5, 5.41) is 5.73. The molecule has 0 saturated heterocycles. The van der Waals surface area contributed by atoms with E-state index in [9.17, 15) is 9.59 Å². The van der Waals surface area contributed by atoms with Gasteiger partial charge in [-0.1, -0.05) is 25.1 Å². The second kappa shape index (κ2) is 9.63. The Balaban J connectivity index is 1.90. The minimum Gasteiger partial charge on any atom is -0.326 e. The molecule has 0 bridgehead atoms. The third-order valence-electron chi connectivity index (χ3n) is 3.54. The lowest BCUT2D eigenvalue weighted by molar-refractivity contribution is -0.116. The van der Waals surface area contributed by atoms with Crippen molar-refractivity contribution in [3.63, 3.8) is 0 Å². The molecule has 2 aromatic rings. The van der Waals surface area contributed by atoms with Gasteiger partial charge in [0.1, 0.15) is 0 Å². The van der Waals surface area contributed by atoms with Crippen molar-refractivity contribution in [3.8, 4) is 0 Å². The average Bonchev–Trinajstić information content (AvgIpc) is 2.59. The summed E-state index contributed by atoms with van der Waals surface area (Å²) < 4.78 is 1.04. The van der Waals surface area contributed by atoms with Crippen LogP contribution in [-0.2, 0) is 9.59 Å². The number of anilines is 2. The van der Waals surface area contributed by atoms with E-state index in [1.54, 1.807) is 24.8 Å². The number of carbonyl (C=O) groups is 2. The molecule has 132 valence electrons. The maximum atomic E-state index is 12.2. The van der Waals surface area contributed by atoms with Gasteiger partial charge in [-0.15, -0.1) is 11.8 Å². The first-order chi connectivity index (χ1) is 12.0. The van der Waals surface area contributed by atoms with E-state index < -0.39 is 0 Å². The monoisotopic (exact) mass is 420 g/mol. The highest BCUT2D eigenvalue weighted by Gasteiger charge is 2.08. The molecule has 2 aromatic carbocycles. The number of hydrogen-bond acceptors (Lipinski definition) is 3. The van der Waals surface area contributed by atoms with Gasteiger partial charge in [0.25, 0.3) is 0 Å². The normalized spacial score (nSPS) is 10.4. The van der Waals surface area contributed by atoms with E-state index in [0.717, 1.165) is 20.6 Å². The quantitative estimate of drug-likeness (QED) is 0.602. The molecule has 0 atom stereocenters. The highest BCUT2D eigenvalue weighted by molar-refractivity contribution is 9.10. The van der Waals surface area contributed by atoms with Gasteiger partial charge in [-0.3, -0.25) is 9.59 Å². The first-order valence-electron chi connectivity index (χ1n) is 8.07. The Morgan fingerprint density at radius 2 is 1.84 bits per heavy atom. The number of halogens is 1. The molecule has 6 heteroatoms. The predicted octanol–water partition coefficient (Wildman–Crippen LogP) is 5.23. The number of thioether (sulfide) groups is 1. The van der Waals surface area contributed by atoms with E-state index in [4.69, 9.17) is 0 Å². The minimum atomic E-state index is -0.0500. The van der Waals surface area contributed by atoms with E-state index in [2.05, 4.69) is 26.6 Å². The van der Waals surface area contributed by atoms with Crippen LogP contribution in [-0.4, -0.2) is 17.6 Å². The lowest BCUT2D eigenvalue weighted by Crippen LogP contribution is -2.14. The van der Waals surface area contributed by atoms with Gasteiger partial charge in [0.05, 0.1) is 0 Å². The molecule has 0 radical (unpaired) electrons. The van der Waals surface area contributed by atoms with Gasteiger partial charge in [-0.05, 0) is 52.7 Å². The zero-order chi connectivity index (χ0) is 18.2. The van der Waals surface area contributed by atoms with Crippen LogP contribution in [0.3, 0.4) is 0 Å². The van der Waals surface area contributed by atoms with Crippen LogP contribution in [0.1, 0.15) is 25.3 Å². The molecule has 0 heterocycles. The number of aryl methyl sites for hydroxylation is 1. The van der Waals surface area contributed by atoms with Crippen molar-refractivity contribution in [1.29, 1.82) is 0 Å². The summed E-state index contributed by atoms with van der Waals surface area (Å²) in [6, 6.07) is 13.5.